The Balaban J connectivity index is 2.34. The van der Waals surface area contributed by atoms with Crippen LogP contribution >= 0.6 is 43.5 Å². The zero-order chi connectivity index (χ0) is 15.4. The Bertz CT molecular complexity index is 652. The third-order valence-electron chi connectivity index (χ3n) is 2.79. The molecular formula is C15H13Br2ClFNO. The van der Waals surface area contributed by atoms with Crippen LogP contribution in [-0.4, -0.2) is 6.54 Å². The normalized spacial score (nSPS) is 10.7. The molecule has 0 amide bonds. The highest BCUT2D eigenvalue weighted by Crippen LogP contribution is 2.36. The molecule has 0 fully saturated rings. The van der Waals surface area contributed by atoms with Gasteiger partial charge in [0.25, 0.3) is 0 Å². The lowest BCUT2D eigenvalue weighted by Gasteiger charge is -2.13. The number of hydrogen-bond acceptors (Lipinski definition) is 2. The number of ether oxygens (including phenoxy) is 1. The third-order valence-corrected chi connectivity index (χ3v) is 4.19. The lowest BCUT2D eigenvalue weighted by molar-refractivity contribution is 0.465. The van der Waals surface area contributed by atoms with Crippen molar-refractivity contribution in [1.82, 2.24) is 5.32 Å². The standard InChI is InChI=1S/C15H13Br2ClFNO/c1-2-20-8-9-3-4-10(16)5-14(9)21-15-7-13(19)12(18)6-11(15)17/h3-7,20H,2,8H2,1H3. The summed E-state index contributed by atoms with van der Waals surface area (Å²) >= 11 is 12.5. The molecule has 0 heterocycles. The van der Waals surface area contributed by atoms with Crippen LogP contribution in [0.4, 0.5) is 4.39 Å². The Morgan fingerprint density at radius 1 is 1.19 bits per heavy atom. The minimum Gasteiger partial charge on any atom is -0.456 e. The summed E-state index contributed by atoms with van der Waals surface area (Å²) in [6.07, 6.45) is 0. The van der Waals surface area contributed by atoms with Crippen LogP contribution in [0, 0.1) is 5.82 Å². The average molecular weight is 438 g/mol. The fourth-order valence-corrected chi connectivity index (χ4v) is 2.79. The lowest BCUT2D eigenvalue weighted by Crippen LogP contribution is -2.12. The number of halogens is 4. The van der Waals surface area contributed by atoms with Crippen molar-refractivity contribution < 1.29 is 9.13 Å². The predicted octanol–water partition coefficient (Wildman–Crippen LogP) is 5.91. The summed E-state index contributed by atoms with van der Waals surface area (Å²) in [6, 6.07) is 8.50. The fraction of sp³-hybridized carbons (Fsp3) is 0.200. The van der Waals surface area contributed by atoms with Gasteiger partial charge in [0.05, 0.1) is 9.50 Å². The van der Waals surface area contributed by atoms with Gasteiger partial charge in [0.2, 0.25) is 0 Å². The second-order valence-corrected chi connectivity index (χ2v) is 6.51. The Hall–Kier alpha value is -0.620. The number of rotatable bonds is 5. The van der Waals surface area contributed by atoms with Crippen LogP contribution in [0.15, 0.2) is 39.3 Å². The SMILES string of the molecule is CCNCc1ccc(Br)cc1Oc1cc(F)c(Cl)cc1Br. The van der Waals surface area contributed by atoms with Crippen molar-refractivity contribution in [1.29, 1.82) is 0 Å². The zero-order valence-corrected chi connectivity index (χ0v) is 15.1. The highest BCUT2D eigenvalue weighted by molar-refractivity contribution is 9.10. The van der Waals surface area contributed by atoms with E-state index in [-0.39, 0.29) is 5.02 Å². The monoisotopic (exact) mass is 435 g/mol. The van der Waals surface area contributed by atoms with Gasteiger partial charge >= 0.3 is 0 Å². The van der Waals surface area contributed by atoms with Crippen LogP contribution < -0.4 is 10.1 Å². The highest BCUT2D eigenvalue weighted by atomic mass is 79.9. The van der Waals surface area contributed by atoms with Crippen molar-refractivity contribution >= 4 is 43.5 Å². The molecule has 0 aromatic heterocycles. The molecule has 1 N–H and O–H groups in total. The molecular weight excluding hydrogens is 424 g/mol. The number of benzene rings is 2. The van der Waals surface area contributed by atoms with Gasteiger partial charge in [-0.05, 0) is 40.7 Å². The van der Waals surface area contributed by atoms with E-state index in [0.29, 0.717) is 22.5 Å². The van der Waals surface area contributed by atoms with Crippen molar-refractivity contribution in [2.75, 3.05) is 6.54 Å². The second kappa shape index (κ2) is 7.58. The van der Waals surface area contributed by atoms with Gasteiger partial charge in [0, 0.05) is 22.6 Å². The van der Waals surface area contributed by atoms with Crippen molar-refractivity contribution in [2.45, 2.75) is 13.5 Å². The van der Waals surface area contributed by atoms with E-state index in [1.165, 1.54) is 12.1 Å². The van der Waals surface area contributed by atoms with E-state index >= 15 is 0 Å². The first-order valence-electron chi connectivity index (χ1n) is 6.32. The minimum absolute atomic E-state index is 0.0522. The molecule has 0 radical (unpaired) electrons. The molecule has 21 heavy (non-hydrogen) atoms. The van der Waals surface area contributed by atoms with E-state index in [9.17, 15) is 4.39 Å². The summed E-state index contributed by atoms with van der Waals surface area (Å²) in [5.41, 5.74) is 0.988. The predicted molar refractivity (Wildman–Crippen MR) is 90.7 cm³/mol. The molecule has 2 rings (SSSR count). The second-order valence-electron chi connectivity index (χ2n) is 4.33. The van der Waals surface area contributed by atoms with Gasteiger partial charge in [-0.1, -0.05) is 40.5 Å². The van der Waals surface area contributed by atoms with E-state index in [4.69, 9.17) is 16.3 Å². The lowest BCUT2D eigenvalue weighted by atomic mass is 10.2. The third kappa shape index (κ3) is 4.42. The maximum atomic E-state index is 13.6. The smallest absolute Gasteiger partial charge is 0.145 e. The molecule has 0 unspecified atom stereocenters. The summed E-state index contributed by atoms with van der Waals surface area (Å²) in [5.74, 6) is 0.526. The molecule has 2 aromatic carbocycles. The molecule has 0 aliphatic heterocycles. The molecule has 2 nitrogen and oxygen atoms in total. The van der Waals surface area contributed by atoms with Gasteiger partial charge < -0.3 is 10.1 Å². The van der Waals surface area contributed by atoms with Gasteiger partial charge in [-0.3, -0.25) is 0 Å². The minimum atomic E-state index is -0.516. The Labute approximate surface area is 144 Å². The number of nitrogens with one attached hydrogen (secondary N) is 1. The first-order valence-corrected chi connectivity index (χ1v) is 8.29. The van der Waals surface area contributed by atoms with Crippen molar-refractivity contribution in [3.63, 3.8) is 0 Å². The number of hydrogen-bond donors (Lipinski definition) is 1. The van der Waals surface area contributed by atoms with Crippen LogP contribution in [-0.2, 0) is 6.54 Å². The maximum absolute atomic E-state index is 13.6. The highest BCUT2D eigenvalue weighted by Gasteiger charge is 2.11. The van der Waals surface area contributed by atoms with Crippen molar-refractivity contribution in [3.05, 3.63) is 55.7 Å². The van der Waals surface area contributed by atoms with Crippen LogP contribution in [0.3, 0.4) is 0 Å². The molecule has 112 valence electrons. The van der Waals surface area contributed by atoms with Gasteiger partial charge in [0.15, 0.2) is 0 Å². The first-order chi connectivity index (χ1) is 10.0. The quantitative estimate of drug-likeness (QED) is 0.588. The Morgan fingerprint density at radius 3 is 2.67 bits per heavy atom. The average Bonchev–Trinajstić information content (AvgIpc) is 2.44. The van der Waals surface area contributed by atoms with Crippen molar-refractivity contribution in [3.8, 4) is 11.5 Å². The van der Waals surface area contributed by atoms with Crippen LogP contribution in [0.5, 0.6) is 11.5 Å². The van der Waals surface area contributed by atoms with Gasteiger partial charge in [-0.15, -0.1) is 0 Å². The summed E-state index contributed by atoms with van der Waals surface area (Å²) in [5, 5.41) is 3.30. The van der Waals surface area contributed by atoms with E-state index in [0.717, 1.165) is 16.6 Å². The Kier molecular flexibility index (Phi) is 6.05. The van der Waals surface area contributed by atoms with Gasteiger partial charge in [-0.25, -0.2) is 4.39 Å². The van der Waals surface area contributed by atoms with Crippen LogP contribution in [0.1, 0.15) is 12.5 Å². The van der Waals surface area contributed by atoms with Crippen LogP contribution in [0.25, 0.3) is 0 Å². The summed E-state index contributed by atoms with van der Waals surface area (Å²) in [4.78, 5) is 0. The topological polar surface area (TPSA) is 21.3 Å². The molecule has 0 saturated heterocycles. The summed E-state index contributed by atoms with van der Waals surface area (Å²) in [6.45, 7) is 3.56. The van der Waals surface area contributed by atoms with E-state index in [1.807, 2.05) is 25.1 Å². The molecule has 6 heteroatoms. The molecule has 0 spiro atoms. The summed E-state index contributed by atoms with van der Waals surface area (Å²) in [7, 11) is 0. The summed E-state index contributed by atoms with van der Waals surface area (Å²) < 4.78 is 20.9. The molecule has 2 aromatic rings. The Morgan fingerprint density at radius 2 is 1.95 bits per heavy atom. The maximum Gasteiger partial charge on any atom is 0.145 e. The molecule has 0 atom stereocenters. The molecule has 0 saturated carbocycles. The van der Waals surface area contributed by atoms with E-state index < -0.39 is 5.82 Å². The van der Waals surface area contributed by atoms with E-state index in [1.54, 1.807) is 0 Å². The molecule has 0 aliphatic rings. The first kappa shape index (κ1) is 16.7. The molecule has 0 aliphatic carbocycles. The van der Waals surface area contributed by atoms with Crippen LogP contribution in [0.2, 0.25) is 5.02 Å². The largest absolute Gasteiger partial charge is 0.456 e. The zero-order valence-electron chi connectivity index (χ0n) is 11.2. The van der Waals surface area contributed by atoms with E-state index in [2.05, 4.69) is 37.2 Å². The van der Waals surface area contributed by atoms with Gasteiger partial charge in [-0.2, -0.15) is 0 Å². The van der Waals surface area contributed by atoms with Gasteiger partial charge in [0.1, 0.15) is 17.3 Å². The fourth-order valence-electron chi connectivity index (χ4n) is 1.73. The molecule has 0 bridgehead atoms. The van der Waals surface area contributed by atoms with Crippen molar-refractivity contribution in [2.24, 2.45) is 0 Å².